The first-order valence-electron chi connectivity index (χ1n) is 15.8. The van der Waals surface area contributed by atoms with Gasteiger partial charge in [0, 0.05) is 38.9 Å². The van der Waals surface area contributed by atoms with Gasteiger partial charge in [0.25, 0.3) is 15.9 Å². The highest BCUT2D eigenvalue weighted by Crippen LogP contribution is 2.22. The zero-order valence-corrected chi connectivity index (χ0v) is 28.8. The van der Waals surface area contributed by atoms with Gasteiger partial charge in [-0.3, -0.25) is 15.0 Å². The number of pyridine rings is 1. The van der Waals surface area contributed by atoms with Gasteiger partial charge in [-0.2, -0.15) is 4.31 Å². The van der Waals surface area contributed by atoms with Crippen molar-refractivity contribution in [1.29, 1.82) is 0 Å². The van der Waals surface area contributed by atoms with Gasteiger partial charge in [0.1, 0.15) is 6.04 Å². The smallest absolute Gasteiger partial charge is 0.334 e. The van der Waals surface area contributed by atoms with Crippen LogP contribution in [0.2, 0.25) is 0 Å². The molecule has 1 saturated heterocycles. The molecule has 47 heavy (non-hydrogen) atoms. The topological polar surface area (TPSA) is 173 Å². The number of benzene rings is 1. The van der Waals surface area contributed by atoms with Crippen molar-refractivity contribution in [3.05, 3.63) is 60.3 Å². The molecule has 2 heterocycles. The Balaban J connectivity index is 1.57. The third-order valence-electron chi connectivity index (χ3n) is 7.96. The SMILES string of the molecule is CCCN(NC(=O)[C@@H]1CCCN1C(=O)CNC(=O)N[C@H](CN(C)S(=O)(=O)c1ccccn1)C(C)(C)C)C(=O)N[C@@H](C)c1ccccc1. The Morgan fingerprint density at radius 2 is 1.72 bits per heavy atom. The number of hydrogen-bond donors (Lipinski definition) is 4. The monoisotopic (exact) mass is 672 g/mol. The summed E-state index contributed by atoms with van der Waals surface area (Å²) in [6.45, 7) is 9.52. The summed E-state index contributed by atoms with van der Waals surface area (Å²) in [7, 11) is -2.48. The Labute approximate surface area is 277 Å². The normalized spacial score (nSPS) is 16.2. The van der Waals surface area contributed by atoms with E-state index in [2.05, 4.69) is 26.4 Å². The second-order valence-corrected chi connectivity index (χ2v) is 14.6. The molecule has 6 amide bonds. The van der Waals surface area contributed by atoms with Crippen LogP contribution in [0.4, 0.5) is 9.59 Å². The number of carbonyl (C=O) groups excluding carboxylic acids is 4. The average Bonchev–Trinajstić information content (AvgIpc) is 3.54. The lowest BCUT2D eigenvalue weighted by atomic mass is 9.87. The van der Waals surface area contributed by atoms with Gasteiger partial charge in [-0.25, -0.2) is 28.0 Å². The minimum atomic E-state index is -3.89. The van der Waals surface area contributed by atoms with Gasteiger partial charge >= 0.3 is 12.1 Å². The standard InChI is InChI=1S/C32H48N8O6S/c1-7-19-40(31(44)35-23(2)24-14-9-8-10-15-24)37-29(42)25-16-13-20-39(25)28(41)21-34-30(43)36-26(32(3,4)5)22-38(6)47(45,46)27-17-11-12-18-33-27/h8-12,14-15,17-18,23,25-26H,7,13,16,19-22H2,1-6H3,(H,35,44)(H,37,42)(H2,34,36,43)/t23-,25-,26+/m0/s1. The Hall–Kier alpha value is -4.24. The molecule has 0 spiro atoms. The third-order valence-corrected chi connectivity index (χ3v) is 9.70. The van der Waals surface area contributed by atoms with E-state index in [1.165, 1.54) is 29.2 Å². The maximum Gasteiger partial charge on any atom is 0.336 e. The summed E-state index contributed by atoms with van der Waals surface area (Å²) in [5.41, 5.74) is 3.06. The first kappa shape index (κ1) is 37.2. The first-order chi connectivity index (χ1) is 22.1. The maximum atomic E-state index is 13.3. The van der Waals surface area contributed by atoms with E-state index in [0.29, 0.717) is 25.8 Å². The van der Waals surface area contributed by atoms with E-state index in [0.717, 1.165) is 9.87 Å². The molecule has 1 aromatic carbocycles. The molecule has 0 bridgehead atoms. The highest BCUT2D eigenvalue weighted by Gasteiger charge is 2.36. The van der Waals surface area contributed by atoms with E-state index < -0.39 is 51.4 Å². The van der Waals surface area contributed by atoms with Gasteiger partial charge < -0.3 is 20.9 Å². The van der Waals surface area contributed by atoms with E-state index in [1.807, 2.05) is 65.0 Å². The minimum absolute atomic E-state index is 0.0376. The quantitative estimate of drug-likeness (QED) is 0.251. The lowest BCUT2D eigenvalue weighted by Crippen LogP contribution is -2.57. The van der Waals surface area contributed by atoms with Crippen LogP contribution in [0.3, 0.4) is 0 Å². The molecule has 3 atom stereocenters. The number of rotatable bonds is 12. The van der Waals surface area contributed by atoms with E-state index in [1.54, 1.807) is 12.1 Å². The minimum Gasteiger partial charge on any atom is -0.334 e. The number of hydrazine groups is 1. The van der Waals surface area contributed by atoms with Crippen LogP contribution < -0.4 is 21.4 Å². The maximum absolute atomic E-state index is 13.3. The van der Waals surface area contributed by atoms with Gasteiger partial charge in [0.2, 0.25) is 5.91 Å². The number of hydrogen-bond acceptors (Lipinski definition) is 7. The zero-order chi connectivity index (χ0) is 34.8. The highest BCUT2D eigenvalue weighted by atomic mass is 32.2. The van der Waals surface area contributed by atoms with Crippen LogP contribution >= 0.6 is 0 Å². The van der Waals surface area contributed by atoms with Gasteiger partial charge in [0.15, 0.2) is 5.03 Å². The molecule has 0 saturated carbocycles. The fraction of sp³-hybridized carbons (Fsp3) is 0.531. The van der Waals surface area contributed by atoms with Gasteiger partial charge in [-0.15, -0.1) is 0 Å². The first-order valence-corrected chi connectivity index (χ1v) is 17.2. The Morgan fingerprint density at radius 3 is 2.34 bits per heavy atom. The summed E-state index contributed by atoms with van der Waals surface area (Å²) in [6, 6.07) is 11.2. The average molecular weight is 673 g/mol. The summed E-state index contributed by atoms with van der Waals surface area (Å²) in [6.07, 6.45) is 2.99. The Bertz CT molecular complexity index is 1470. The molecular formula is C32H48N8O6S. The number of likely N-dealkylation sites (N-methyl/N-ethyl adjacent to an activating group) is 1. The van der Waals surface area contributed by atoms with Gasteiger partial charge in [-0.05, 0) is 49.3 Å². The fourth-order valence-corrected chi connectivity index (χ4v) is 6.19. The Kier molecular flexibility index (Phi) is 13.1. The molecule has 3 rings (SSSR count). The van der Waals surface area contributed by atoms with Crippen molar-refractivity contribution >= 4 is 33.9 Å². The number of nitrogens with zero attached hydrogens (tertiary/aromatic N) is 4. The van der Waals surface area contributed by atoms with Crippen molar-refractivity contribution in [3.63, 3.8) is 0 Å². The predicted octanol–water partition coefficient (Wildman–Crippen LogP) is 2.62. The number of likely N-dealkylation sites (tertiary alicyclic amines) is 1. The number of amides is 6. The number of sulfonamides is 1. The highest BCUT2D eigenvalue weighted by molar-refractivity contribution is 7.89. The molecule has 1 aliphatic rings. The van der Waals surface area contributed by atoms with Gasteiger partial charge in [0.05, 0.1) is 12.6 Å². The molecule has 4 N–H and O–H groups in total. The second kappa shape index (κ2) is 16.5. The summed E-state index contributed by atoms with van der Waals surface area (Å²) < 4.78 is 27.1. The van der Waals surface area contributed by atoms with E-state index in [4.69, 9.17) is 0 Å². The summed E-state index contributed by atoms with van der Waals surface area (Å²) in [4.78, 5) is 57.8. The summed E-state index contributed by atoms with van der Waals surface area (Å²) >= 11 is 0. The number of nitrogens with one attached hydrogen (secondary N) is 4. The number of aromatic nitrogens is 1. The molecule has 1 aromatic heterocycles. The molecule has 14 nitrogen and oxygen atoms in total. The van der Waals surface area contributed by atoms with Crippen LogP contribution in [0.25, 0.3) is 0 Å². The molecule has 2 aromatic rings. The molecule has 0 radical (unpaired) electrons. The van der Waals surface area contributed by atoms with Crippen molar-refractivity contribution in [3.8, 4) is 0 Å². The van der Waals surface area contributed by atoms with Crippen LogP contribution in [-0.4, -0.2) is 96.8 Å². The second-order valence-electron chi connectivity index (χ2n) is 12.7. The number of carbonyl (C=O) groups is 4. The largest absolute Gasteiger partial charge is 0.336 e. The zero-order valence-electron chi connectivity index (χ0n) is 28.0. The summed E-state index contributed by atoms with van der Waals surface area (Å²) in [5, 5.41) is 9.37. The van der Waals surface area contributed by atoms with Crippen molar-refractivity contribution in [2.75, 3.05) is 33.2 Å². The lowest BCUT2D eigenvalue weighted by molar-refractivity contribution is -0.139. The van der Waals surface area contributed by atoms with Gasteiger partial charge in [-0.1, -0.05) is 64.1 Å². The molecular weight excluding hydrogens is 624 g/mol. The van der Waals surface area contributed by atoms with Crippen LogP contribution in [0.15, 0.2) is 59.8 Å². The molecule has 15 heteroatoms. The van der Waals surface area contributed by atoms with Crippen molar-refractivity contribution in [2.24, 2.45) is 5.41 Å². The van der Waals surface area contributed by atoms with Crippen LogP contribution in [0.5, 0.6) is 0 Å². The Morgan fingerprint density at radius 1 is 1.04 bits per heavy atom. The van der Waals surface area contributed by atoms with Crippen molar-refractivity contribution < 1.29 is 27.6 Å². The molecule has 1 aliphatic heterocycles. The van der Waals surface area contributed by atoms with Crippen LogP contribution in [0.1, 0.15) is 65.5 Å². The van der Waals surface area contributed by atoms with E-state index in [-0.39, 0.29) is 30.7 Å². The van der Waals surface area contributed by atoms with Crippen LogP contribution in [0, 0.1) is 5.41 Å². The molecule has 1 fully saturated rings. The third kappa shape index (κ3) is 10.4. The lowest BCUT2D eigenvalue weighted by Gasteiger charge is -2.34. The van der Waals surface area contributed by atoms with E-state index >= 15 is 0 Å². The van der Waals surface area contributed by atoms with Crippen molar-refractivity contribution in [1.82, 2.24) is 40.6 Å². The fourth-order valence-electron chi connectivity index (χ4n) is 5.08. The summed E-state index contributed by atoms with van der Waals surface area (Å²) in [5.74, 6) is -0.939. The predicted molar refractivity (Wildman–Crippen MR) is 177 cm³/mol. The molecule has 0 unspecified atom stereocenters. The van der Waals surface area contributed by atoms with Crippen molar-refractivity contribution in [2.45, 2.75) is 77.0 Å². The molecule has 258 valence electrons. The van der Waals surface area contributed by atoms with Crippen LogP contribution in [-0.2, 0) is 19.6 Å². The molecule has 0 aliphatic carbocycles. The number of urea groups is 2. The van der Waals surface area contributed by atoms with E-state index in [9.17, 15) is 27.6 Å².